The summed E-state index contributed by atoms with van der Waals surface area (Å²) in [4.78, 5) is 31.7. The molecule has 4 N–H and O–H groups in total. The molecule has 0 bridgehead atoms. The van der Waals surface area contributed by atoms with Crippen LogP contribution >= 0.6 is 35.6 Å². The Morgan fingerprint density at radius 2 is 1.75 bits per heavy atom. The highest BCUT2D eigenvalue weighted by molar-refractivity contribution is 14.0. The fourth-order valence-electron chi connectivity index (χ4n) is 3.41. The second-order valence-electron chi connectivity index (χ2n) is 7.20. The third-order valence-electron chi connectivity index (χ3n) is 5.05. The summed E-state index contributed by atoms with van der Waals surface area (Å²) in [6.45, 7) is 3.88. The number of nitrogens with two attached hydrogens (primary N) is 1. The van der Waals surface area contributed by atoms with E-state index in [2.05, 4.69) is 31.5 Å². The van der Waals surface area contributed by atoms with Crippen molar-refractivity contribution in [3.8, 4) is 0 Å². The summed E-state index contributed by atoms with van der Waals surface area (Å²) >= 11 is 6.11. The summed E-state index contributed by atoms with van der Waals surface area (Å²) in [5.74, 6) is -0.0605. The Hall–Kier alpha value is -2.53. The average Bonchev–Trinajstić information content (AvgIpc) is 2.78. The van der Waals surface area contributed by atoms with Crippen LogP contribution in [0, 0.1) is 0 Å². The molecular weight excluding hydrogens is 543 g/mol. The van der Waals surface area contributed by atoms with E-state index in [1.165, 1.54) is 0 Å². The first kappa shape index (κ1) is 25.7. The molecule has 2 amide bonds. The van der Waals surface area contributed by atoms with Crippen LogP contribution in [0.3, 0.4) is 0 Å². The van der Waals surface area contributed by atoms with Crippen LogP contribution in [-0.4, -0.2) is 62.4 Å². The van der Waals surface area contributed by atoms with E-state index in [4.69, 9.17) is 17.3 Å². The third kappa shape index (κ3) is 7.27. The van der Waals surface area contributed by atoms with E-state index >= 15 is 0 Å². The standard InChI is InChI=1S/C22H27ClN6O2.HI/c1-25-22(29-11-9-28(10-12-29)19-4-2-3-18(23)13-19)27-14-16-5-7-17(8-6-16)21(31)26-15-20(24)30;/h2-8,13H,9-12,14-15H2,1H3,(H2,24,30)(H,25,27)(H,26,31);1H. The van der Waals surface area contributed by atoms with E-state index in [-0.39, 0.29) is 36.4 Å². The van der Waals surface area contributed by atoms with Crippen molar-refractivity contribution < 1.29 is 9.59 Å². The fraction of sp³-hybridized carbons (Fsp3) is 0.318. The molecule has 1 saturated heterocycles. The number of aliphatic imine (C=N–C) groups is 1. The normalized spacial score (nSPS) is 13.9. The van der Waals surface area contributed by atoms with Crippen LogP contribution in [0.25, 0.3) is 0 Å². The van der Waals surface area contributed by atoms with Crippen molar-refractivity contribution in [1.82, 2.24) is 15.5 Å². The first-order valence-corrected chi connectivity index (χ1v) is 10.5. The number of anilines is 1. The second kappa shape index (κ2) is 12.5. The quantitative estimate of drug-likeness (QED) is 0.280. The zero-order chi connectivity index (χ0) is 22.2. The smallest absolute Gasteiger partial charge is 0.251 e. The molecule has 1 heterocycles. The van der Waals surface area contributed by atoms with E-state index in [0.29, 0.717) is 12.1 Å². The molecule has 10 heteroatoms. The summed E-state index contributed by atoms with van der Waals surface area (Å²) in [6.07, 6.45) is 0. The van der Waals surface area contributed by atoms with Crippen LogP contribution < -0.4 is 21.3 Å². The molecule has 1 fully saturated rings. The van der Waals surface area contributed by atoms with Crippen LogP contribution in [0.5, 0.6) is 0 Å². The molecule has 1 aliphatic rings. The van der Waals surface area contributed by atoms with Crippen molar-refractivity contribution in [3.63, 3.8) is 0 Å². The Kier molecular flexibility index (Phi) is 10.0. The molecule has 0 atom stereocenters. The zero-order valence-corrected chi connectivity index (χ0v) is 21.0. The van der Waals surface area contributed by atoms with Crippen molar-refractivity contribution in [3.05, 3.63) is 64.7 Å². The summed E-state index contributed by atoms with van der Waals surface area (Å²) < 4.78 is 0. The number of nitrogens with one attached hydrogen (secondary N) is 2. The molecule has 1 aliphatic heterocycles. The van der Waals surface area contributed by atoms with Crippen molar-refractivity contribution >= 4 is 59.0 Å². The number of carbonyl (C=O) groups is 2. The Morgan fingerprint density at radius 1 is 1.06 bits per heavy atom. The number of rotatable bonds is 6. The molecule has 2 aromatic carbocycles. The molecule has 2 aromatic rings. The lowest BCUT2D eigenvalue weighted by Crippen LogP contribution is -2.52. The maximum Gasteiger partial charge on any atom is 0.251 e. The number of halogens is 2. The topological polar surface area (TPSA) is 103 Å². The van der Waals surface area contributed by atoms with Crippen molar-refractivity contribution in [2.75, 3.05) is 44.7 Å². The monoisotopic (exact) mass is 570 g/mol. The first-order valence-electron chi connectivity index (χ1n) is 10.1. The molecule has 0 aromatic heterocycles. The maximum absolute atomic E-state index is 12.0. The van der Waals surface area contributed by atoms with Gasteiger partial charge < -0.3 is 26.2 Å². The molecule has 0 radical (unpaired) electrons. The largest absolute Gasteiger partial charge is 0.368 e. The van der Waals surface area contributed by atoms with Gasteiger partial charge in [0.2, 0.25) is 5.91 Å². The highest BCUT2D eigenvalue weighted by Gasteiger charge is 2.20. The van der Waals surface area contributed by atoms with Gasteiger partial charge in [0.25, 0.3) is 5.91 Å². The molecule has 172 valence electrons. The molecule has 0 unspecified atom stereocenters. The average molecular weight is 571 g/mol. The lowest BCUT2D eigenvalue weighted by Gasteiger charge is -2.37. The van der Waals surface area contributed by atoms with Crippen molar-refractivity contribution in [2.45, 2.75) is 6.54 Å². The van der Waals surface area contributed by atoms with Crippen molar-refractivity contribution in [1.29, 1.82) is 0 Å². The summed E-state index contributed by atoms with van der Waals surface area (Å²) in [5, 5.41) is 6.60. The van der Waals surface area contributed by atoms with Gasteiger partial charge in [0.05, 0.1) is 6.54 Å². The van der Waals surface area contributed by atoms with Crippen molar-refractivity contribution in [2.24, 2.45) is 10.7 Å². The molecule has 8 nitrogen and oxygen atoms in total. The van der Waals surface area contributed by atoms with Gasteiger partial charge in [-0.25, -0.2) is 0 Å². The van der Waals surface area contributed by atoms with Crippen LogP contribution in [0.15, 0.2) is 53.5 Å². The van der Waals surface area contributed by atoms with Crippen LogP contribution in [0.4, 0.5) is 5.69 Å². The molecule has 3 rings (SSSR count). The predicted octanol–water partition coefficient (Wildman–Crippen LogP) is 2.07. The SMILES string of the molecule is CN=C(NCc1ccc(C(=O)NCC(N)=O)cc1)N1CCN(c2cccc(Cl)c2)CC1.I. The number of guanidine groups is 1. The van der Waals surface area contributed by atoms with Gasteiger partial charge in [-0.3, -0.25) is 14.6 Å². The van der Waals surface area contributed by atoms with Crippen LogP contribution in [0.2, 0.25) is 5.02 Å². The fourth-order valence-corrected chi connectivity index (χ4v) is 3.59. The number of carbonyl (C=O) groups excluding carboxylic acids is 2. The third-order valence-corrected chi connectivity index (χ3v) is 5.29. The maximum atomic E-state index is 12.0. The minimum Gasteiger partial charge on any atom is -0.368 e. The Balaban J connectivity index is 0.00000363. The van der Waals surface area contributed by atoms with Crippen LogP contribution in [0.1, 0.15) is 15.9 Å². The number of amides is 2. The minimum absolute atomic E-state index is 0. The van der Waals surface area contributed by atoms with Crippen LogP contribution in [-0.2, 0) is 11.3 Å². The lowest BCUT2D eigenvalue weighted by atomic mass is 10.1. The van der Waals surface area contributed by atoms with Gasteiger partial charge in [-0.1, -0.05) is 29.8 Å². The number of hydrogen-bond acceptors (Lipinski definition) is 4. The summed E-state index contributed by atoms with van der Waals surface area (Å²) in [5.41, 5.74) is 7.67. The Morgan fingerprint density at radius 3 is 2.34 bits per heavy atom. The van der Waals surface area contributed by atoms with Gasteiger partial charge in [0, 0.05) is 56.0 Å². The second-order valence-corrected chi connectivity index (χ2v) is 7.64. The summed E-state index contributed by atoms with van der Waals surface area (Å²) in [6, 6.07) is 15.1. The van der Waals surface area contributed by atoms with E-state index in [0.717, 1.165) is 48.4 Å². The van der Waals surface area contributed by atoms with Gasteiger partial charge in [0.15, 0.2) is 5.96 Å². The molecule has 0 spiro atoms. The first-order chi connectivity index (χ1) is 15.0. The van der Waals surface area contributed by atoms with E-state index < -0.39 is 5.91 Å². The zero-order valence-electron chi connectivity index (χ0n) is 17.9. The number of primary amides is 1. The highest BCUT2D eigenvalue weighted by Crippen LogP contribution is 2.20. The van der Waals surface area contributed by atoms with Gasteiger partial charge in [-0.05, 0) is 35.9 Å². The van der Waals surface area contributed by atoms with Gasteiger partial charge in [0.1, 0.15) is 0 Å². The van der Waals surface area contributed by atoms with Gasteiger partial charge in [-0.2, -0.15) is 0 Å². The minimum atomic E-state index is -0.575. The Labute approximate surface area is 210 Å². The predicted molar refractivity (Wildman–Crippen MR) is 139 cm³/mol. The number of nitrogens with zero attached hydrogens (tertiary/aromatic N) is 3. The molecule has 32 heavy (non-hydrogen) atoms. The van der Waals surface area contributed by atoms with E-state index in [1.807, 2.05) is 30.3 Å². The van der Waals surface area contributed by atoms with Gasteiger partial charge in [-0.15, -0.1) is 24.0 Å². The van der Waals surface area contributed by atoms with E-state index in [9.17, 15) is 9.59 Å². The van der Waals surface area contributed by atoms with Gasteiger partial charge >= 0.3 is 0 Å². The molecular formula is C22H28ClIN6O2. The number of benzene rings is 2. The summed E-state index contributed by atoms with van der Waals surface area (Å²) in [7, 11) is 1.78. The highest BCUT2D eigenvalue weighted by atomic mass is 127. The Bertz CT molecular complexity index is 946. The number of piperazine rings is 1. The lowest BCUT2D eigenvalue weighted by molar-refractivity contribution is -0.117. The molecule has 0 saturated carbocycles. The molecule has 0 aliphatic carbocycles. The number of hydrogen-bond donors (Lipinski definition) is 3. The van der Waals surface area contributed by atoms with E-state index in [1.54, 1.807) is 19.2 Å².